The zero-order valence-corrected chi connectivity index (χ0v) is 50.0. The molecule has 0 amide bonds. The highest BCUT2D eigenvalue weighted by molar-refractivity contribution is 5.87. The Bertz CT molecular complexity index is 2550. The van der Waals surface area contributed by atoms with E-state index in [1.165, 1.54) is 6.92 Å². The molecule has 4 saturated heterocycles. The van der Waals surface area contributed by atoms with E-state index in [1.807, 2.05) is 13.8 Å². The summed E-state index contributed by atoms with van der Waals surface area (Å²) >= 11 is 0. The second-order valence-corrected chi connectivity index (χ2v) is 27.3. The monoisotopic (exact) mass is 1230 g/mol. The van der Waals surface area contributed by atoms with Crippen LogP contribution in [0, 0.1) is 50.2 Å². The highest BCUT2D eigenvalue weighted by Gasteiger charge is 2.74. The van der Waals surface area contributed by atoms with Gasteiger partial charge in [-0.3, -0.25) is 4.79 Å². The second-order valence-electron chi connectivity index (χ2n) is 27.3. The summed E-state index contributed by atoms with van der Waals surface area (Å²) in [7, 11) is 0. The van der Waals surface area contributed by atoms with Crippen LogP contribution in [0.5, 0.6) is 0 Å². The summed E-state index contributed by atoms with van der Waals surface area (Å²) in [6, 6.07) is 0. The Morgan fingerprint density at radius 2 is 1.29 bits per heavy atom. The molecule has 4 heterocycles. The molecule has 0 aromatic heterocycles. The van der Waals surface area contributed by atoms with Crippen LogP contribution in [0.4, 0.5) is 0 Å². The van der Waals surface area contributed by atoms with Crippen molar-refractivity contribution in [1.82, 2.24) is 0 Å². The average molecular weight is 1230 g/mol. The molecule has 27 heteroatoms. The number of aliphatic hydroxyl groups is 12. The van der Waals surface area contributed by atoms with Gasteiger partial charge in [0.1, 0.15) is 104 Å². The minimum absolute atomic E-state index is 0.107. The zero-order chi connectivity index (χ0) is 63.3. The Balaban J connectivity index is 1.06. The van der Waals surface area contributed by atoms with Gasteiger partial charge in [-0.1, -0.05) is 59.3 Å². The molecule has 4 saturated carbocycles. The van der Waals surface area contributed by atoms with E-state index in [0.717, 1.165) is 11.9 Å². The molecular weight excluding hydrogens is 1140 g/mol. The van der Waals surface area contributed by atoms with E-state index in [1.54, 1.807) is 26.8 Å². The number of ether oxygens (including phenoxy) is 10. The molecule has 0 radical (unpaired) electrons. The van der Waals surface area contributed by atoms with Gasteiger partial charge in [0, 0.05) is 17.9 Å². The third-order valence-electron chi connectivity index (χ3n) is 22.2. The minimum atomic E-state index is -2.28. The number of aliphatic hydroxyl groups excluding tert-OH is 12. The molecule has 30 atom stereocenters. The van der Waals surface area contributed by atoms with Crippen molar-refractivity contribution in [3.63, 3.8) is 0 Å². The summed E-state index contributed by atoms with van der Waals surface area (Å²) in [5.41, 5.74) is -4.44. The Morgan fingerprint density at radius 3 is 1.91 bits per heavy atom. The first-order chi connectivity index (χ1) is 40.3. The van der Waals surface area contributed by atoms with E-state index in [0.29, 0.717) is 37.7 Å². The number of aliphatic carboxylic acids is 1. The number of carbonyl (C=O) groups is 4. The summed E-state index contributed by atoms with van der Waals surface area (Å²) < 4.78 is 60.5. The lowest BCUT2D eigenvalue weighted by atomic mass is 9.33. The largest absolute Gasteiger partial charge is 0.479 e. The van der Waals surface area contributed by atoms with E-state index < -0.39 is 224 Å². The first-order valence-electron chi connectivity index (χ1n) is 29.9. The number of hydrogen-bond acceptors (Lipinski definition) is 26. The SMILES string of the molecule is CC=C(C)C(=O)OC1C(O)C2(CO)C(OC(C)=O)CC3(C)C(=CCC4C5(C)CCC(OC6OC(C(=O)O)C(O)C(OC7OCC(O)C(O)C7OC7OCC(O)C(O)C7O)C6OC6OC(CO)C(O)C(O)C6O)C(C)(C=O)C5CCC43C)C2CC1(C)C. The number of rotatable bonds is 15. The van der Waals surface area contributed by atoms with Crippen LogP contribution >= 0.6 is 0 Å². The number of carboxylic acids is 1. The molecule has 0 aromatic carbocycles. The van der Waals surface area contributed by atoms with E-state index >= 15 is 0 Å². The summed E-state index contributed by atoms with van der Waals surface area (Å²) in [5, 5.41) is 143. The van der Waals surface area contributed by atoms with E-state index in [-0.39, 0.29) is 18.8 Å². The third-order valence-corrected chi connectivity index (χ3v) is 22.2. The van der Waals surface area contributed by atoms with Crippen LogP contribution in [0.25, 0.3) is 0 Å². The number of carbonyl (C=O) groups excluding carboxylic acids is 3. The maximum absolute atomic E-state index is 14.2. The summed E-state index contributed by atoms with van der Waals surface area (Å²) in [6.07, 6.45) is -32.4. The van der Waals surface area contributed by atoms with E-state index in [9.17, 15) is 85.6 Å². The van der Waals surface area contributed by atoms with Gasteiger partial charge in [-0.2, -0.15) is 0 Å². The van der Waals surface area contributed by atoms with Gasteiger partial charge < -0.3 is 119 Å². The first-order valence-corrected chi connectivity index (χ1v) is 29.9. The highest BCUT2D eigenvalue weighted by atomic mass is 16.8. The molecule has 9 aliphatic rings. The second kappa shape index (κ2) is 24.8. The van der Waals surface area contributed by atoms with Crippen LogP contribution in [0.2, 0.25) is 0 Å². The van der Waals surface area contributed by atoms with Crippen LogP contribution < -0.4 is 0 Å². The van der Waals surface area contributed by atoms with Crippen LogP contribution in [0.15, 0.2) is 23.3 Å². The van der Waals surface area contributed by atoms with Gasteiger partial charge in [0.15, 0.2) is 31.3 Å². The third kappa shape index (κ3) is 10.9. The van der Waals surface area contributed by atoms with Crippen molar-refractivity contribution in [2.75, 3.05) is 26.4 Å². The number of fused-ring (bicyclic) bond motifs is 7. The summed E-state index contributed by atoms with van der Waals surface area (Å²) in [4.78, 5) is 53.9. The smallest absolute Gasteiger partial charge is 0.335 e. The highest BCUT2D eigenvalue weighted by Crippen LogP contribution is 2.76. The Labute approximate surface area is 498 Å². The zero-order valence-electron chi connectivity index (χ0n) is 50.0. The fourth-order valence-electron chi connectivity index (χ4n) is 17.0. The fourth-order valence-corrected chi connectivity index (χ4v) is 17.0. The molecule has 86 heavy (non-hydrogen) atoms. The van der Waals surface area contributed by atoms with Crippen molar-refractivity contribution in [1.29, 1.82) is 0 Å². The predicted octanol–water partition coefficient (Wildman–Crippen LogP) is -2.01. The summed E-state index contributed by atoms with van der Waals surface area (Å²) in [5.74, 6) is -4.20. The minimum Gasteiger partial charge on any atom is -0.479 e. The molecule has 0 aromatic rings. The molecule has 0 bridgehead atoms. The van der Waals surface area contributed by atoms with Crippen molar-refractivity contribution in [3.8, 4) is 0 Å². The number of allylic oxidation sites excluding steroid dienone is 3. The number of hydrogen-bond donors (Lipinski definition) is 13. The van der Waals surface area contributed by atoms with Crippen molar-refractivity contribution in [2.45, 2.75) is 242 Å². The topological polar surface area (TPSA) is 424 Å². The molecule has 27 nitrogen and oxygen atoms in total. The molecule has 13 N–H and O–H groups in total. The van der Waals surface area contributed by atoms with Crippen LogP contribution in [0.1, 0.15) is 107 Å². The normalized spacial score (nSPS) is 51.1. The molecule has 488 valence electrons. The lowest BCUT2D eigenvalue weighted by molar-refractivity contribution is -0.398. The number of esters is 2. The van der Waals surface area contributed by atoms with Gasteiger partial charge in [-0.15, -0.1) is 0 Å². The van der Waals surface area contributed by atoms with Crippen molar-refractivity contribution >= 4 is 24.2 Å². The lowest BCUT2D eigenvalue weighted by Gasteiger charge is -2.72. The molecule has 9 rings (SSSR count). The van der Waals surface area contributed by atoms with Gasteiger partial charge >= 0.3 is 17.9 Å². The number of aldehydes is 1. The van der Waals surface area contributed by atoms with Gasteiger partial charge in [0.25, 0.3) is 0 Å². The Morgan fingerprint density at radius 1 is 0.663 bits per heavy atom. The molecule has 4 aliphatic heterocycles. The lowest BCUT2D eigenvalue weighted by Crippen LogP contribution is -2.72. The van der Waals surface area contributed by atoms with Crippen molar-refractivity contribution in [3.05, 3.63) is 23.3 Å². The summed E-state index contributed by atoms with van der Waals surface area (Å²) in [6.45, 7) is 13.9. The van der Waals surface area contributed by atoms with Gasteiger partial charge in [0.2, 0.25) is 0 Å². The van der Waals surface area contributed by atoms with E-state index in [2.05, 4.69) is 26.8 Å². The predicted molar refractivity (Wildman–Crippen MR) is 289 cm³/mol. The quantitative estimate of drug-likeness (QED) is 0.0277. The van der Waals surface area contributed by atoms with Crippen molar-refractivity contribution in [2.24, 2.45) is 50.2 Å². The first kappa shape index (κ1) is 67.2. The average Bonchev–Trinajstić information content (AvgIpc) is 0.671. The van der Waals surface area contributed by atoms with E-state index in [4.69, 9.17) is 47.4 Å². The standard InChI is InChI=1S/C59H90O27/c1-10-24(2)49(76)86-47-46(73)59(23-62)27(17-54(47,4)5)26-11-12-32-55(6)15-14-33(56(7,22-61)31(55)13-16-57(32,8)58(26,9)18-34(59)79-25(3)63)81-53-45(85-51-40(71)38(69)37(68)30(19-60)80-51)42(41(72)43(83-53)48(74)75)82-52-44(36(67)29(65)21-78-52)84-50-39(70)35(66)28(64)20-77-50/h10-11,22,27-47,50-53,60,62,64-73H,12-21,23H2,1-9H3,(H,74,75). The molecular formula is C59H90O27. The van der Waals surface area contributed by atoms with Gasteiger partial charge in [-0.05, 0) is 92.8 Å². The van der Waals surface area contributed by atoms with Crippen molar-refractivity contribution < 1.29 is 133 Å². The fraction of sp³-hybridized carbons (Fsp3) is 0.864. The van der Waals surface area contributed by atoms with Crippen LogP contribution in [0.3, 0.4) is 0 Å². The maximum Gasteiger partial charge on any atom is 0.335 e. The molecule has 30 unspecified atom stereocenters. The Kier molecular flexibility index (Phi) is 19.3. The molecule has 0 spiro atoms. The number of carboxylic acid groups (broad SMARTS) is 1. The maximum atomic E-state index is 14.2. The van der Waals surface area contributed by atoms with Crippen LogP contribution in [-0.2, 0) is 66.5 Å². The van der Waals surface area contributed by atoms with Gasteiger partial charge in [-0.25, -0.2) is 9.59 Å². The molecule has 8 fully saturated rings. The van der Waals surface area contributed by atoms with Crippen LogP contribution in [-0.4, -0.2) is 252 Å². The van der Waals surface area contributed by atoms with Gasteiger partial charge in [0.05, 0.1) is 43.4 Å². The Hall–Kier alpha value is -3.24. The molecule has 5 aliphatic carbocycles.